The molecular formula is C15H23N3O. The third-order valence-electron chi connectivity index (χ3n) is 3.89. The van der Waals surface area contributed by atoms with Crippen LogP contribution in [0, 0.1) is 12.3 Å². The van der Waals surface area contributed by atoms with Gasteiger partial charge in [0.2, 0.25) is 5.91 Å². The highest BCUT2D eigenvalue weighted by Crippen LogP contribution is 2.28. The van der Waals surface area contributed by atoms with Gasteiger partial charge >= 0.3 is 0 Å². The third kappa shape index (κ3) is 2.89. The molecule has 19 heavy (non-hydrogen) atoms. The molecule has 1 heterocycles. The van der Waals surface area contributed by atoms with Gasteiger partial charge < -0.3 is 15.5 Å². The summed E-state index contributed by atoms with van der Waals surface area (Å²) in [6.07, 6.45) is 0.896. The number of anilines is 2. The smallest absolute Gasteiger partial charge is 0.231 e. The Morgan fingerprint density at radius 3 is 2.68 bits per heavy atom. The summed E-state index contributed by atoms with van der Waals surface area (Å²) in [4.78, 5) is 14.4. The Morgan fingerprint density at radius 2 is 2.16 bits per heavy atom. The summed E-state index contributed by atoms with van der Waals surface area (Å²) in [5, 5.41) is 6.31. The van der Waals surface area contributed by atoms with Crippen LogP contribution in [0.2, 0.25) is 0 Å². The summed E-state index contributed by atoms with van der Waals surface area (Å²) in [6, 6.07) is 6.09. The Morgan fingerprint density at radius 1 is 1.42 bits per heavy atom. The molecule has 1 amide bonds. The van der Waals surface area contributed by atoms with Gasteiger partial charge in [0.05, 0.1) is 5.41 Å². The molecule has 1 atom stereocenters. The van der Waals surface area contributed by atoms with Crippen LogP contribution in [0.15, 0.2) is 18.2 Å². The van der Waals surface area contributed by atoms with Crippen LogP contribution in [0.5, 0.6) is 0 Å². The standard InChI is InChI=1S/C15H23N3O/c1-11-9-12(18(3)4)5-6-13(11)17-14(19)15(2)7-8-16-10-15/h5-6,9,16H,7-8,10H2,1-4H3,(H,17,19). The third-order valence-corrected chi connectivity index (χ3v) is 3.89. The van der Waals surface area contributed by atoms with E-state index in [1.807, 2.05) is 40.1 Å². The minimum Gasteiger partial charge on any atom is -0.378 e. The van der Waals surface area contributed by atoms with E-state index in [-0.39, 0.29) is 11.3 Å². The van der Waals surface area contributed by atoms with Crippen LogP contribution >= 0.6 is 0 Å². The predicted octanol–water partition coefficient (Wildman–Crippen LogP) is 2.00. The van der Waals surface area contributed by atoms with E-state index in [0.717, 1.165) is 36.4 Å². The fraction of sp³-hybridized carbons (Fsp3) is 0.533. The van der Waals surface area contributed by atoms with Crippen LogP contribution in [0.1, 0.15) is 18.9 Å². The second-order valence-corrected chi connectivity index (χ2v) is 5.84. The van der Waals surface area contributed by atoms with Crippen molar-refractivity contribution in [1.82, 2.24) is 5.32 Å². The number of hydrogen-bond donors (Lipinski definition) is 2. The zero-order chi connectivity index (χ0) is 14.0. The quantitative estimate of drug-likeness (QED) is 0.874. The van der Waals surface area contributed by atoms with Gasteiger partial charge in [0.1, 0.15) is 0 Å². The molecule has 1 aromatic carbocycles. The number of aryl methyl sites for hydroxylation is 1. The van der Waals surface area contributed by atoms with Crippen molar-refractivity contribution in [1.29, 1.82) is 0 Å². The molecule has 0 saturated carbocycles. The van der Waals surface area contributed by atoms with Gasteiger partial charge in [0, 0.05) is 32.0 Å². The summed E-state index contributed by atoms with van der Waals surface area (Å²) >= 11 is 0. The van der Waals surface area contributed by atoms with E-state index in [1.54, 1.807) is 0 Å². The molecule has 0 aromatic heterocycles. The highest BCUT2D eigenvalue weighted by molar-refractivity contribution is 5.96. The van der Waals surface area contributed by atoms with Crippen molar-refractivity contribution in [3.63, 3.8) is 0 Å². The predicted molar refractivity (Wildman–Crippen MR) is 79.7 cm³/mol. The van der Waals surface area contributed by atoms with E-state index in [0.29, 0.717) is 0 Å². The monoisotopic (exact) mass is 261 g/mol. The number of rotatable bonds is 3. The molecule has 0 radical (unpaired) electrons. The molecule has 4 heteroatoms. The van der Waals surface area contributed by atoms with E-state index >= 15 is 0 Å². The Balaban J connectivity index is 2.13. The first-order valence-electron chi connectivity index (χ1n) is 6.72. The first-order valence-corrected chi connectivity index (χ1v) is 6.72. The van der Waals surface area contributed by atoms with Crippen LogP contribution < -0.4 is 15.5 Å². The summed E-state index contributed by atoms with van der Waals surface area (Å²) in [5.41, 5.74) is 2.86. The van der Waals surface area contributed by atoms with Gasteiger partial charge in [0.25, 0.3) is 0 Å². The van der Waals surface area contributed by atoms with Crippen molar-refractivity contribution in [3.05, 3.63) is 23.8 Å². The second-order valence-electron chi connectivity index (χ2n) is 5.84. The number of nitrogens with one attached hydrogen (secondary N) is 2. The molecule has 2 N–H and O–H groups in total. The molecule has 104 valence electrons. The van der Waals surface area contributed by atoms with E-state index in [9.17, 15) is 4.79 Å². The molecule has 1 aromatic rings. The van der Waals surface area contributed by atoms with Gasteiger partial charge in [-0.1, -0.05) is 0 Å². The lowest BCUT2D eigenvalue weighted by molar-refractivity contribution is -0.123. The zero-order valence-corrected chi connectivity index (χ0v) is 12.2. The van der Waals surface area contributed by atoms with Crippen molar-refractivity contribution in [2.24, 2.45) is 5.41 Å². The lowest BCUT2D eigenvalue weighted by Gasteiger charge is -2.23. The van der Waals surface area contributed by atoms with Gasteiger partial charge in [-0.15, -0.1) is 0 Å². The molecule has 1 fully saturated rings. The fourth-order valence-electron chi connectivity index (χ4n) is 2.35. The summed E-state index contributed by atoms with van der Waals surface area (Å²) in [6.45, 7) is 5.72. The first-order chi connectivity index (χ1) is 8.92. The molecule has 1 aliphatic heterocycles. The maximum absolute atomic E-state index is 12.3. The maximum Gasteiger partial charge on any atom is 0.231 e. The number of carbonyl (C=O) groups is 1. The highest BCUT2D eigenvalue weighted by Gasteiger charge is 2.36. The van der Waals surface area contributed by atoms with E-state index < -0.39 is 0 Å². The fourth-order valence-corrected chi connectivity index (χ4v) is 2.35. The number of carbonyl (C=O) groups excluding carboxylic acids is 1. The molecule has 0 aliphatic carbocycles. The topological polar surface area (TPSA) is 44.4 Å². The van der Waals surface area contributed by atoms with Crippen molar-refractivity contribution in [3.8, 4) is 0 Å². The van der Waals surface area contributed by atoms with Gasteiger partial charge in [-0.2, -0.15) is 0 Å². The lowest BCUT2D eigenvalue weighted by Crippen LogP contribution is -2.35. The van der Waals surface area contributed by atoms with E-state index in [4.69, 9.17) is 0 Å². The van der Waals surface area contributed by atoms with Gasteiger partial charge in [-0.3, -0.25) is 4.79 Å². The van der Waals surface area contributed by atoms with E-state index in [1.165, 1.54) is 0 Å². The average molecular weight is 261 g/mol. The summed E-state index contributed by atoms with van der Waals surface area (Å²) in [5.74, 6) is 0.109. The van der Waals surface area contributed by atoms with Crippen LogP contribution in [0.3, 0.4) is 0 Å². The van der Waals surface area contributed by atoms with Crippen LogP contribution in [-0.2, 0) is 4.79 Å². The van der Waals surface area contributed by atoms with E-state index in [2.05, 4.69) is 21.6 Å². The van der Waals surface area contributed by atoms with Crippen LogP contribution in [0.4, 0.5) is 11.4 Å². The lowest BCUT2D eigenvalue weighted by atomic mass is 9.88. The van der Waals surface area contributed by atoms with Crippen molar-refractivity contribution in [2.45, 2.75) is 20.3 Å². The molecule has 2 rings (SSSR count). The number of hydrogen-bond acceptors (Lipinski definition) is 3. The molecule has 0 spiro atoms. The van der Waals surface area contributed by atoms with Crippen LogP contribution in [-0.4, -0.2) is 33.1 Å². The zero-order valence-electron chi connectivity index (χ0n) is 12.2. The Kier molecular flexibility index (Phi) is 3.80. The molecule has 1 saturated heterocycles. The second kappa shape index (κ2) is 5.21. The largest absolute Gasteiger partial charge is 0.378 e. The minimum atomic E-state index is -0.285. The van der Waals surface area contributed by atoms with Crippen molar-refractivity contribution in [2.75, 3.05) is 37.4 Å². The summed E-state index contributed by atoms with van der Waals surface area (Å²) in [7, 11) is 4.02. The van der Waals surface area contributed by atoms with Gasteiger partial charge in [-0.25, -0.2) is 0 Å². The van der Waals surface area contributed by atoms with Crippen molar-refractivity contribution >= 4 is 17.3 Å². The highest BCUT2D eigenvalue weighted by atomic mass is 16.2. The molecule has 0 bridgehead atoms. The Hall–Kier alpha value is -1.55. The molecule has 1 unspecified atom stereocenters. The van der Waals surface area contributed by atoms with Crippen LogP contribution in [0.25, 0.3) is 0 Å². The number of amides is 1. The first kappa shape index (κ1) is 13.9. The number of benzene rings is 1. The van der Waals surface area contributed by atoms with Gasteiger partial charge in [0.15, 0.2) is 0 Å². The molecule has 1 aliphatic rings. The molecular weight excluding hydrogens is 238 g/mol. The number of nitrogens with zero attached hydrogens (tertiary/aromatic N) is 1. The summed E-state index contributed by atoms with van der Waals surface area (Å²) < 4.78 is 0. The Bertz CT molecular complexity index is 476. The van der Waals surface area contributed by atoms with Gasteiger partial charge in [-0.05, 0) is 50.6 Å². The Labute approximate surface area is 115 Å². The normalized spacial score (nSPS) is 22.3. The minimum absolute atomic E-state index is 0.109. The average Bonchev–Trinajstić information content (AvgIpc) is 2.80. The maximum atomic E-state index is 12.3. The van der Waals surface area contributed by atoms with Crippen molar-refractivity contribution < 1.29 is 4.79 Å². The molecule has 4 nitrogen and oxygen atoms in total. The SMILES string of the molecule is Cc1cc(N(C)C)ccc1NC(=O)C1(C)CCNC1.